The highest BCUT2D eigenvalue weighted by Gasteiger charge is 2.16. The highest BCUT2D eigenvalue weighted by molar-refractivity contribution is 9.10. The van der Waals surface area contributed by atoms with E-state index in [1.54, 1.807) is 0 Å². The van der Waals surface area contributed by atoms with Crippen molar-refractivity contribution in [1.82, 2.24) is 9.62 Å². The fourth-order valence-corrected chi connectivity index (χ4v) is 2.42. The molecule has 0 fully saturated rings. The van der Waals surface area contributed by atoms with E-state index in [4.69, 9.17) is 0 Å². The summed E-state index contributed by atoms with van der Waals surface area (Å²) in [6.07, 6.45) is 0. The van der Waals surface area contributed by atoms with Gasteiger partial charge in [-0.15, -0.1) is 0 Å². The molecule has 1 rings (SSSR count). The fourth-order valence-electron chi connectivity index (χ4n) is 1.25. The Labute approximate surface area is 120 Å². The normalized spacial score (nSPS) is 11.6. The molecule has 0 saturated carbocycles. The number of hydrogen-bond acceptors (Lipinski definition) is 3. The van der Waals surface area contributed by atoms with Crippen molar-refractivity contribution in [2.24, 2.45) is 0 Å². The second kappa shape index (κ2) is 6.44. The van der Waals surface area contributed by atoms with E-state index in [-0.39, 0.29) is 22.3 Å². The number of nitrogens with zero attached hydrogens (tertiary/aromatic N) is 1. The number of amides is 1. The Balaban J connectivity index is 2.65. The Hall–Kier alpha value is -0.990. The van der Waals surface area contributed by atoms with Gasteiger partial charge in [0.2, 0.25) is 10.0 Å². The van der Waals surface area contributed by atoms with Crippen LogP contribution in [0, 0.1) is 5.82 Å². The minimum atomic E-state index is -3.36. The van der Waals surface area contributed by atoms with Crippen LogP contribution in [-0.2, 0) is 10.0 Å². The lowest BCUT2D eigenvalue weighted by atomic mass is 10.2. The van der Waals surface area contributed by atoms with Crippen LogP contribution in [0.1, 0.15) is 10.4 Å². The highest BCUT2D eigenvalue weighted by Crippen LogP contribution is 2.20. The zero-order valence-electron chi connectivity index (χ0n) is 10.5. The molecule has 1 N–H and O–H groups in total. The van der Waals surface area contributed by atoms with Crippen molar-refractivity contribution in [3.63, 3.8) is 0 Å². The lowest BCUT2D eigenvalue weighted by Crippen LogP contribution is -2.34. The zero-order chi connectivity index (χ0) is 14.6. The van der Waals surface area contributed by atoms with Gasteiger partial charge >= 0.3 is 0 Å². The third kappa shape index (κ3) is 4.26. The number of nitrogens with one attached hydrogen (secondary N) is 1. The molecule has 0 aromatic heterocycles. The highest BCUT2D eigenvalue weighted by atomic mass is 79.9. The largest absolute Gasteiger partial charge is 0.351 e. The quantitative estimate of drug-likeness (QED) is 0.865. The third-order valence-electron chi connectivity index (χ3n) is 2.40. The number of sulfonamides is 1. The molecule has 0 unspecified atom stereocenters. The monoisotopic (exact) mass is 352 g/mol. The maximum Gasteiger partial charge on any atom is 0.252 e. The molecule has 0 spiro atoms. The molecule has 5 nitrogen and oxygen atoms in total. The number of hydrogen-bond donors (Lipinski definition) is 1. The predicted molar refractivity (Wildman–Crippen MR) is 73.9 cm³/mol. The smallest absolute Gasteiger partial charge is 0.252 e. The van der Waals surface area contributed by atoms with Gasteiger partial charge in [0.25, 0.3) is 5.91 Å². The molecular weight excluding hydrogens is 339 g/mol. The molecule has 0 saturated heterocycles. The van der Waals surface area contributed by atoms with Crippen molar-refractivity contribution in [1.29, 1.82) is 0 Å². The molecule has 0 aliphatic rings. The maximum atomic E-state index is 13.2. The van der Waals surface area contributed by atoms with Crippen LogP contribution < -0.4 is 5.32 Å². The van der Waals surface area contributed by atoms with E-state index in [0.717, 1.165) is 4.31 Å². The lowest BCUT2D eigenvalue weighted by Gasteiger charge is -2.12. The van der Waals surface area contributed by atoms with Gasteiger partial charge in [-0.3, -0.25) is 4.79 Å². The van der Waals surface area contributed by atoms with Gasteiger partial charge in [0.05, 0.1) is 15.8 Å². The van der Waals surface area contributed by atoms with Gasteiger partial charge in [-0.25, -0.2) is 17.1 Å². The Morgan fingerprint density at radius 2 is 2.05 bits per heavy atom. The van der Waals surface area contributed by atoms with E-state index in [1.165, 1.54) is 32.3 Å². The van der Waals surface area contributed by atoms with E-state index in [9.17, 15) is 17.6 Å². The first-order valence-electron chi connectivity index (χ1n) is 5.38. The molecule has 0 aliphatic carbocycles. The van der Waals surface area contributed by atoms with Crippen molar-refractivity contribution in [2.75, 3.05) is 26.4 Å². The summed E-state index contributed by atoms with van der Waals surface area (Å²) in [5.74, 6) is -1.28. The molecule has 0 heterocycles. The van der Waals surface area contributed by atoms with Gasteiger partial charge in [0.1, 0.15) is 5.82 Å². The summed E-state index contributed by atoms with van der Waals surface area (Å²) in [6.45, 7) is -0.0394. The summed E-state index contributed by atoms with van der Waals surface area (Å²) in [4.78, 5) is 11.8. The maximum absolute atomic E-state index is 13.2. The summed E-state index contributed by atoms with van der Waals surface area (Å²) >= 11 is 2.97. The van der Waals surface area contributed by atoms with Crippen LogP contribution in [0.15, 0.2) is 22.7 Å². The summed E-state index contributed by atoms with van der Waals surface area (Å²) in [5.41, 5.74) is 0.127. The van der Waals surface area contributed by atoms with Crippen LogP contribution in [-0.4, -0.2) is 45.0 Å². The second-order valence-corrected chi connectivity index (χ2v) is 7.05. The molecule has 8 heteroatoms. The molecule has 0 radical (unpaired) electrons. The Kier molecular flexibility index (Phi) is 5.45. The average Bonchev–Trinajstić information content (AvgIpc) is 2.32. The minimum absolute atomic E-state index is 0.0394. The zero-order valence-corrected chi connectivity index (χ0v) is 12.9. The standard InChI is InChI=1S/C11H14BrFN2O3S/c1-15(2)19(17,18)7-6-14-11(16)8-4-3-5-9(13)10(8)12/h3-5H,6-7H2,1-2H3,(H,14,16). The van der Waals surface area contributed by atoms with E-state index >= 15 is 0 Å². The molecule has 19 heavy (non-hydrogen) atoms. The van der Waals surface area contributed by atoms with Gasteiger partial charge in [0.15, 0.2) is 0 Å². The number of benzene rings is 1. The number of halogens is 2. The first kappa shape index (κ1) is 16.1. The topological polar surface area (TPSA) is 66.5 Å². The number of rotatable bonds is 5. The van der Waals surface area contributed by atoms with E-state index < -0.39 is 21.7 Å². The van der Waals surface area contributed by atoms with Crippen LogP contribution in [0.5, 0.6) is 0 Å². The van der Waals surface area contributed by atoms with Gasteiger partial charge in [-0.05, 0) is 28.1 Å². The summed E-state index contributed by atoms with van der Waals surface area (Å²) < 4.78 is 37.3. The van der Waals surface area contributed by atoms with Crippen molar-refractivity contribution in [2.45, 2.75) is 0 Å². The average molecular weight is 353 g/mol. The van der Waals surface area contributed by atoms with Crippen molar-refractivity contribution >= 4 is 31.9 Å². The van der Waals surface area contributed by atoms with Crippen molar-refractivity contribution in [3.05, 3.63) is 34.1 Å². The van der Waals surface area contributed by atoms with Crippen LogP contribution in [0.3, 0.4) is 0 Å². The number of carbonyl (C=O) groups excluding carboxylic acids is 1. The predicted octanol–water partition coefficient (Wildman–Crippen LogP) is 1.21. The van der Waals surface area contributed by atoms with Gasteiger partial charge in [-0.1, -0.05) is 6.07 Å². The summed E-state index contributed by atoms with van der Waals surface area (Å²) in [5, 5.41) is 2.44. The first-order chi connectivity index (χ1) is 8.75. The number of carbonyl (C=O) groups is 1. The Morgan fingerprint density at radius 1 is 1.42 bits per heavy atom. The van der Waals surface area contributed by atoms with E-state index in [1.807, 2.05) is 0 Å². The molecule has 0 atom stereocenters. The third-order valence-corrected chi connectivity index (χ3v) is 5.04. The molecule has 0 bridgehead atoms. The van der Waals surface area contributed by atoms with Crippen LogP contribution in [0.2, 0.25) is 0 Å². The molecule has 0 aliphatic heterocycles. The Bertz CT molecular complexity index is 575. The van der Waals surface area contributed by atoms with Crippen LogP contribution in [0.25, 0.3) is 0 Å². The van der Waals surface area contributed by atoms with Crippen LogP contribution >= 0.6 is 15.9 Å². The van der Waals surface area contributed by atoms with Crippen LogP contribution in [0.4, 0.5) is 4.39 Å². The Morgan fingerprint density at radius 3 is 2.63 bits per heavy atom. The second-order valence-electron chi connectivity index (χ2n) is 3.96. The molecule has 106 valence electrons. The first-order valence-corrected chi connectivity index (χ1v) is 7.78. The van der Waals surface area contributed by atoms with Crippen molar-refractivity contribution < 1.29 is 17.6 Å². The summed E-state index contributed by atoms with van der Waals surface area (Å²) in [6, 6.07) is 4.08. The SMILES string of the molecule is CN(C)S(=O)(=O)CCNC(=O)c1cccc(F)c1Br. The van der Waals surface area contributed by atoms with Gasteiger partial charge < -0.3 is 5.32 Å². The molecule has 1 aromatic carbocycles. The van der Waals surface area contributed by atoms with E-state index in [2.05, 4.69) is 21.2 Å². The molecule has 1 aromatic rings. The van der Waals surface area contributed by atoms with Crippen molar-refractivity contribution in [3.8, 4) is 0 Å². The minimum Gasteiger partial charge on any atom is -0.351 e. The fraction of sp³-hybridized carbons (Fsp3) is 0.364. The lowest BCUT2D eigenvalue weighted by molar-refractivity contribution is 0.0954. The summed E-state index contributed by atoms with van der Waals surface area (Å²) in [7, 11) is -0.528. The molecular formula is C11H14BrFN2O3S. The van der Waals surface area contributed by atoms with E-state index in [0.29, 0.717) is 0 Å². The molecule has 1 amide bonds. The van der Waals surface area contributed by atoms with Gasteiger partial charge in [0, 0.05) is 20.6 Å². The van der Waals surface area contributed by atoms with Gasteiger partial charge in [-0.2, -0.15) is 0 Å².